The van der Waals surface area contributed by atoms with Gasteiger partial charge in [-0.05, 0) is 61.3 Å². The molecule has 0 saturated carbocycles. The zero-order valence-corrected chi connectivity index (χ0v) is 17.7. The highest BCUT2D eigenvalue weighted by Gasteiger charge is 2.24. The lowest BCUT2D eigenvalue weighted by Crippen LogP contribution is -2.45. The van der Waals surface area contributed by atoms with Crippen LogP contribution in [0.1, 0.15) is 36.8 Å². The summed E-state index contributed by atoms with van der Waals surface area (Å²) < 4.78 is 26.4. The number of sulfonamides is 1. The fraction of sp³-hybridized carbons (Fsp3) is 0.348. The summed E-state index contributed by atoms with van der Waals surface area (Å²) >= 11 is 0. The summed E-state index contributed by atoms with van der Waals surface area (Å²) in [5.41, 5.74) is 1.71. The molecule has 0 spiro atoms. The van der Waals surface area contributed by atoms with E-state index in [0.29, 0.717) is 24.8 Å². The van der Waals surface area contributed by atoms with Crippen LogP contribution < -0.4 is 4.72 Å². The fourth-order valence-electron chi connectivity index (χ4n) is 3.68. The number of aryl methyl sites for hydroxylation is 1. The SMILES string of the molecule is O=C(NS(=O)(=O)/C=C/c1ccccc1)N1CCC(CCCc2ccccc2O)CC1. The Balaban J connectivity index is 1.41. The van der Waals surface area contributed by atoms with Gasteiger partial charge in [0.1, 0.15) is 5.75 Å². The number of aromatic hydroxyl groups is 1. The number of phenols is 1. The summed E-state index contributed by atoms with van der Waals surface area (Å²) in [6.07, 6.45) is 6.02. The Morgan fingerprint density at radius 1 is 1.07 bits per heavy atom. The van der Waals surface area contributed by atoms with E-state index >= 15 is 0 Å². The Morgan fingerprint density at radius 3 is 2.43 bits per heavy atom. The fourth-order valence-corrected chi connectivity index (χ4v) is 4.46. The molecule has 2 amide bonds. The summed E-state index contributed by atoms with van der Waals surface area (Å²) in [5.74, 6) is 0.848. The molecule has 160 valence electrons. The molecule has 1 aliphatic heterocycles. The molecule has 0 aliphatic carbocycles. The molecule has 30 heavy (non-hydrogen) atoms. The van der Waals surface area contributed by atoms with E-state index in [1.54, 1.807) is 23.1 Å². The molecule has 2 aromatic rings. The van der Waals surface area contributed by atoms with Crippen LogP contribution in [0.2, 0.25) is 0 Å². The summed E-state index contributed by atoms with van der Waals surface area (Å²) in [7, 11) is -3.84. The van der Waals surface area contributed by atoms with Crippen molar-refractivity contribution in [3.05, 3.63) is 71.1 Å². The number of carbonyl (C=O) groups excluding carboxylic acids is 1. The molecule has 7 heteroatoms. The number of rotatable bonds is 7. The minimum absolute atomic E-state index is 0.339. The van der Waals surface area contributed by atoms with Crippen LogP contribution in [0.5, 0.6) is 5.75 Å². The van der Waals surface area contributed by atoms with Crippen LogP contribution in [0.3, 0.4) is 0 Å². The van der Waals surface area contributed by atoms with E-state index in [1.807, 2.05) is 36.4 Å². The highest BCUT2D eigenvalue weighted by atomic mass is 32.2. The predicted octanol–water partition coefficient (Wildman–Crippen LogP) is 4.14. The average Bonchev–Trinajstić information content (AvgIpc) is 2.75. The molecule has 0 radical (unpaired) electrons. The molecule has 0 aromatic heterocycles. The summed E-state index contributed by atoms with van der Waals surface area (Å²) in [6, 6.07) is 15.9. The van der Waals surface area contributed by atoms with Gasteiger partial charge in [0, 0.05) is 13.1 Å². The number of para-hydroxylation sites is 1. The van der Waals surface area contributed by atoms with Gasteiger partial charge in [-0.2, -0.15) is 0 Å². The Kier molecular flexibility index (Phi) is 7.52. The monoisotopic (exact) mass is 428 g/mol. The minimum Gasteiger partial charge on any atom is -0.508 e. The largest absolute Gasteiger partial charge is 0.508 e. The van der Waals surface area contributed by atoms with E-state index in [0.717, 1.165) is 48.6 Å². The van der Waals surface area contributed by atoms with Crippen LogP contribution in [0.15, 0.2) is 60.0 Å². The van der Waals surface area contributed by atoms with Crippen molar-refractivity contribution in [2.24, 2.45) is 5.92 Å². The molecule has 0 bridgehead atoms. The number of benzene rings is 2. The average molecular weight is 429 g/mol. The van der Waals surface area contributed by atoms with E-state index in [2.05, 4.69) is 4.72 Å². The number of nitrogens with zero attached hydrogens (tertiary/aromatic N) is 1. The van der Waals surface area contributed by atoms with Gasteiger partial charge in [0.25, 0.3) is 10.0 Å². The highest BCUT2D eigenvalue weighted by molar-refractivity contribution is 7.93. The first-order valence-electron chi connectivity index (χ1n) is 10.2. The maximum absolute atomic E-state index is 12.3. The number of phenolic OH excluding ortho intramolecular Hbond substituents is 1. The van der Waals surface area contributed by atoms with E-state index in [9.17, 15) is 18.3 Å². The molecular formula is C23H28N2O4S. The third-order valence-corrected chi connectivity index (χ3v) is 6.37. The smallest absolute Gasteiger partial charge is 0.331 e. The van der Waals surface area contributed by atoms with Gasteiger partial charge in [0.15, 0.2) is 0 Å². The number of hydrogen-bond acceptors (Lipinski definition) is 4. The Hall–Kier alpha value is -2.80. The molecular weight excluding hydrogens is 400 g/mol. The summed E-state index contributed by atoms with van der Waals surface area (Å²) in [5, 5.41) is 10.9. The second kappa shape index (κ2) is 10.3. The predicted molar refractivity (Wildman–Crippen MR) is 118 cm³/mol. The van der Waals surface area contributed by atoms with Crippen LogP contribution in [0, 0.1) is 5.92 Å². The number of hydrogen-bond donors (Lipinski definition) is 2. The molecule has 1 aliphatic rings. The molecule has 2 aromatic carbocycles. The number of urea groups is 1. The van der Waals surface area contributed by atoms with Crippen LogP contribution in [0.4, 0.5) is 4.79 Å². The van der Waals surface area contributed by atoms with Crippen molar-refractivity contribution in [1.82, 2.24) is 9.62 Å². The van der Waals surface area contributed by atoms with Gasteiger partial charge >= 0.3 is 6.03 Å². The van der Waals surface area contributed by atoms with Gasteiger partial charge in [0.05, 0.1) is 5.41 Å². The Morgan fingerprint density at radius 2 is 1.73 bits per heavy atom. The van der Waals surface area contributed by atoms with Crippen molar-refractivity contribution in [3.8, 4) is 5.75 Å². The second-order valence-electron chi connectivity index (χ2n) is 7.62. The van der Waals surface area contributed by atoms with Gasteiger partial charge in [-0.15, -0.1) is 0 Å². The topological polar surface area (TPSA) is 86.7 Å². The lowest BCUT2D eigenvalue weighted by Gasteiger charge is -2.31. The lowest BCUT2D eigenvalue weighted by atomic mass is 9.91. The van der Waals surface area contributed by atoms with Gasteiger partial charge in [-0.1, -0.05) is 48.5 Å². The van der Waals surface area contributed by atoms with Crippen molar-refractivity contribution in [1.29, 1.82) is 0 Å². The van der Waals surface area contributed by atoms with Gasteiger partial charge in [-0.25, -0.2) is 17.9 Å². The molecule has 2 N–H and O–H groups in total. The second-order valence-corrected chi connectivity index (χ2v) is 9.18. The van der Waals surface area contributed by atoms with Crippen LogP contribution >= 0.6 is 0 Å². The number of carbonyl (C=O) groups is 1. The molecule has 1 heterocycles. The number of piperidine rings is 1. The minimum atomic E-state index is -3.84. The first-order chi connectivity index (χ1) is 14.4. The summed E-state index contributed by atoms with van der Waals surface area (Å²) in [4.78, 5) is 13.9. The molecule has 6 nitrogen and oxygen atoms in total. The maximum atomic E-state index is 12.3. The zero-order chi connectivity index (χ0) is 21.4. The molecule has 3 rings (SSSR count). The van der Waals surface area contributed by atoms with Crippen LogP contribution in [0.25, 0.3) is 6.08 Å². The Labute approximate surface area is 178 Å². The van der Waals surface area contributed by atoms with Crippen molar-refractivity contribution >= 4 is 22.1 Å². The molecule has 0 unspecified atom stereocenters. The van der Waals surface area contributed by atoms with Gasteiger partial charge in [0.2, 0.25) is 0 Å². The third kappa shape index (κ3) is 6.62. The van der Waals surface area contributed by atoms with Crippen LogP contribution in [-0.4, -0.2) is 37.5 Å². The van der Waals surface area contributed by atoms with Gasteiger partial charge in [-0.3, -0.25) is 0 Å². The van der Waals surface area contributed by atoms with Crippen molar-refractivity contribution in [2.45, 2.75) is 32.1 Å². The van der Waals surface area contributed by atoms with Crippen LogP contribution in [-0.2, 0) is 16.4 Å². The normalized spacial score (nSPS) is 15.4. The first-order valence-corrected chi connectivity index (χ1v) is 11.8. The van der Waals surface area contributed by atoms with E-state index < -0.39 is 16.1 Å². The number of nitrogens with one attached hydrogen (secondary N) is 1. The van der Waals surface area contributed by atoms with E-state index in [4.69, 9.17) is 0 Å². The van der Waals surface area contributed by atoms with Crippen molar-refractivity contribution in [3.63, 3.8) is 0 Å². The van der Waals surface area contributed by atoms with E-state index in [-0.39, 0.29) is 0 Å². The molecule has 1 fully saturated rings. The lowest BCUT2D eigenvalue weighted by molar-refractivity contribution is 0.172. The molecule has 0 atom stereocenters. The standard InChI is InChI=1S/C23H28N2O4S/c26-22-12-5-4-10-21(22)11-6-9-20-13-16-25(17-14-20)23(27)24-30(28,29)18-15-19-7-2-1-3-8-19/h1-5,7-8,10,12,15,18,20,26H,6,9,11,13-14,16-17H2,(H,24,27)/b18-15+. The van der Waals surface area contributed by atoms with Crippen molar-refractivity contribution in [2.75, 3.05) is 13.1 Å². The van der Waals surface area contributed by atoms with Crippen molar-refractivity contribution < 1.29 is 18.3 Å². The zero-order valence-electron chi connectivity index (χ0n) is 16.9. The highest BCUT2D eigenvalue weighted by Crippen LogP contribution is 2.25. The third-order valence-electron chi connectivity index (χ3n) is 5.42. The Bertz CT molecular complexity index is 966. The summed E-state index contributed by atoms with van der Waals surface area (Å²) in [6.45, 7) is 1.09. The number of amides is 2. The van der Waals surface area contributed by atoms with Gasteiger partial charge < -0.3 is 10.0 Å². The number of likely N-dealkylation sites (tertiary alicyclic amines) is 1. The molecule has 1 saturated heterocycles. The first kappa shape index (κ1) is 21.9. The maximum Gasteiger partial charge on any atom is 0.331 e. The quantitative estimate of drug-likeness (QED) is 0.694. The van der Waals surface area contributed by atoms with E-state index in [1.165, 1.54) is 6.08 Å².